The van der Waals surface area contributed by atoms with Crippen molar-refractivity contribution in [3.63, 3.8) is 0 Å². The average Bonchev–Trinajstić information content (AvgIpc) is 3.11. The fourth-order valence-electron chi connectivity index (χ4n) is 2.84. The van der Waals surface area contributed by atoms with Crippen molar-refractivity contribution in [2.24, 2.45) is 7.05 Å². The number of nitrogens with zero attached hydrogens (tertiary/aromatic N) is 5. The van der Waals surface area contributed by atoms with E-state index in [4.69, 9.17) is 0 Å². The number of piperazine rings is 1. The van der Waals surface area contributed by atoms with E-state index in [0.29, 0.717) is 0 Å². The SMILES string of the molecule is Cn1cc(/C=C/C(=O)N2CCN(S(=O)(=O)c3ccc([N+](=O)[O-])cc3)CC2)cn1. The molecular formula is C17H19N5O5S. The molecule has 0 saturated carbocycles. The van der Waals surface area contributed by atoms with Gasteiger partial charge in [-0.1, -0.05) is 0 Å². The lowest BCUT2D eigenvalue weighted by atomic mass is 10.3. The van der Waals surface area contributed by atoms with Gasteiger partial charge in [-0.2, -0.15) is 9.40 Å². The Morgan fingerprint density at radius 1 is 1.18 bits per heavy atom. The molecule has 3 rings (SSSR count). The summed E-state index contributed by atoms with van der Waals surface area (Å²) in [5.41, 5.74) is 0.630. The molecule has 1 aliphatic heterocycles. The number of rotatable bonds is 5. The monoisotopic (exact) mass is 405 g/mol. The molecule has 1 aromatic carbocycles. The number of amides is 1. The van der Waals surface area contributed by atoms with Crippen LogP contribution in [0, 0.1) is 10.1 Å². The number of benzene rings is 1. The Labute approximate surface area is 161 Å². The number of nitro groups is 1. The molecule has 11 heteroatoms. The summed E-state index contributed by atoms with van der Waals surface area (Å²) in [5, 5.41) is 14.7. The van der Waals surface area contributed by atoms with Crippen LogP contribution in [0.4, 0.5) is 5.69 Å². The molecule has 0 radical (unpaired) electrons. The van der Waals surface area contributed by atoms with Crippen molar-refractivity contribution in [2.75, 3.05) is 26.2 Å². The Kier molecular flexibility index (Phi) is 5.56. The largest absolute Gasteiger partial charge is 0.337 e. The molecule has 1 saturated heterocycles. The van der Waals surface area contributed by atoms with Gasteiger partial charge in [0.2, 0.25) is 15.9 Å². The van der Waals surface area contributed by atoms with E-state index in [0.717, 1.165) is 17.7 Å². The van der Waals surface area contributed by atoms with Gasteiger partial charge < -0.3 is 4.90 Å². The maximum atomic E-state index is 12.7. The molecule has 148 valence electrons. The summed E-state index contributed by atoms with van der Waals surface area (Å²) >= 11 is 0. The van der Waals surface area contributed by atoms with Crippen LogP contribution in [-0.4, -0.2) is 64.4 Å². The molecule has 0 N–H and O–H groups in total. The molecule has 1 amide bonds. The van der Waals surface area contributed by atoms with Gasteiger partial charge in [0.15, 0.2) is 0 Å². The molecule has 1 aliphatic rings. The summed E-state index contributed by atoms with van der Waals surface area (Å²) in [5.74, 6) is -0.198. The molecule has 0 bridgehead atoms. The lowest BCUT2D eigenvalue weighted by molar-refractivity contribution is -0.384. The van der Waals surface area contributed by atoms with E-state index in [2.05, 4.69) is 5.10 Å². The van der Waals surface area contributed by atoms with E-state index < -0.39 is 14.9 Å². The van der Waals surface area contributed by atoms with Crippen molar-refractivity contribution in [2.45, 2.75) is 4.90 Å². The van der Waals surface area contributed by atoms with Gasteiger partial charge in [-0.05, 0) is 18.2 Å². The van der Waals surface area contributed by atoms with Gasteiger partial charge in [0, 0.05) is 63.2 Å². The van der Waals surface area contributed by atoms with Gasteiger partial charge in [-0.3, -0.25) is 19.6 Å². The van der Waals surface area contributed by atoms with Crippen molar-refractivity contribution >= 4 is 27.7 Å². The minimum atomic E-state index is -3.76. The van der Waals surface area contributed by atoms with Gasteiger partial charge in [-0.15, -0.1) is 0 Å². The summed E-state index contributed by atoms with van der Waals surface area (Å²) in [6.45, 7) is 0.850. The van der Waals surface area contributed by atoms with Crippen LogP contribution >= 0.6 is 0 Å². The highest BCUT2D eigenvalue weighted by molar-refractivity contribution is 7.89. The number of nitro benzene ring substituents is 1. The van der Waals surface area contributed by atoms with Crippen LogP contribution in [0.2, 0.25) is 0 Å². The van der Waals surface area contributed by atoms with Crippen molar-refractivity contribution in [3.8, 4) is 0 Å². The first-order valence-corrected chi connectivity index (χ1v) is 9.91. The molecule has 0 atom stereocenters. The van der Waals surface area contributed by atoms with E-state index in [1.54, 1.807) is 35.1 Å². The van der Waals surface area contributed by atoms with Crippen molar-refractivity contribution in [1.29, 1.82) is 0 Å². The van der Waals surface area contributed by atoms with Crippen LogP contribution in [0.1, 0.15) is 5.56 Å². The summed E-state index contributed by atoms with van der Waals surface area (Å²) in [7, 11) is -1.98. The summed E-state index contributed by atoms with van der Waals surface area (Å²) < 4.78 is 28.3. The molecule has 2 heterocycles. The van der Waals surface area contributed by atoms with E-state index in [1.165, 1.54) is 22.5 Å². The lowest BCUT2D eigenvalue weighted by Crippen LogP contribution is -2.50. The first kappa shape index (κ1) is 19.7. The minimum absolute atomic E-state index is 0.00523. The third-order valence-electron chi connectivity index (χ3n) is 4.38. The Morgan fingerprint density at radius 2 is 1.82 bits per heavy atom. The zero-order chi connectivity index (χ0) is 20.3. The summed E-state index contributed by atoms with van der Waals surface area (Å²) in [6, 6.07) is 4.77. The molecule has 2 aromatic rings. The second-order valence-corrected chi connectivity index (χ2v) is 8.20. The molecule has 28 heavy (non-hydrogen) atoms. The Hall–Kier alpha value is -3.05. The molecular weight excluding hydrogens is 386 g/mol. The van der Waals surface area contributed by atoms with Crippen LogP contribution in [0.3, 0.4) is 0 Å². The highest BCUT2D eigenvalue weighted by atomic mass is 32.2. The zero-order valence-corrected chi connectivity index (χ0v) is 15.9. The van der Waals surface area contributed by atoms with E-state index in [1.807, 2.05) is 0 Å². The Balaban J connectivity index is 1.61. The molecule has 1 fully saturated rings. The number of carbonyl (C=O) groups is 1. The van der Waals surface area contributed by atoms with E-state index in [9.17, 15) is 23.3 Å². The average molecular weight is 405 g/mol. The minimum Gasteiger partial charge on any atom is -0.337 e. The summed E-state index contributed by atoms with van der Waals surface area (Å²) in [6.07, 6.45) is 6.52. The topological polar surface area (TPSA) is 119 Å². The fraction of sp³-hybridized carbons (Fsp3) is 0.294. The highest BCUT2D eigenvalue weighted by Gasteiger charge is 2.29. The Bertz CT molecular complexity index is 1000. The number of carbonyl (C=O) groups excluding carboxylic acids is 1. The normalized spacial score (nSPS) is 15.8. The number of hydrogen-bond donors (Lipinski definition) is 0. The fourth-order valence-corrected chi connectivity index (χ4v) is 4.26. The number of aromatic nitrogens is 2. The van der Waals surface area contributed by atoms with Gasteiger partial charge >= 0.3 is 0 Å². The first-order chi connectivity index (χ1) is 13.3. The van der Waals surface area contributed by atoms with Crippen LogP contribution in [0.15, 0.2) is 47.6 Å². The predicted molar refractivity (Wildman–Crippen MR) is 101 cm³/mol. The highest BCUT2D eigenvalue weighted by Crippen LogP contribution is 2.21. The Morgan fingerprint density at radius 3 is 2.36 bits per heavy atom. The van der Waals surface area contributed by atoms with Gasteiger partial charge in [-0.25, -0.2) is 8.42 Å². The zero-order valence-electron chi connectivity index (χ0n) is 15.1. The molecule has 0 aliphatic carbocycles. The number of sulfonamides is 1. The van der Waals surface area contributed by atoms with Crippen LogP contribution in [0.25, 0.3) is 6.08 Å². The second-order valence-electron chi connectivity index (χ2n) is 6.26. The molecule has 0 spiro atoms. The third kappa shape index (κ3) is 4.26. The van der Waals surface area contributed by atoms with Crippen LogP contribution in [0.5, 0.6) is 0 Å². The number of hydrogen-bond acceptors (Lipinski definition) is 6. The third-order valence-corrected chi connectivity index (χ3v) is 6.29. The van der Waals surface area contributed by atoms with Crippen LogP contribution < -0.4 is 0 Å². The predicted octanol–water partition coefficient (Wildman–Crippen LogP) is 0.875. The molecule has 10 nitrogen and oxygen atoms in total. The first-order valence-electron chi connectivity index (χ1n) is 8.47. The van der Waals surface area contributed by atoms with Gasteiger partial charge in [0.1, 0.15) is 0 Å². The van der Waals surface area contributed by atoms with Gasteiger partial charge in [0.05, 0.1) is 16.0 Å². The maximum absolute atomic E-state index is 12.7. The van der Waals surface area contributed by atoms with Crippen molar-refractivity contribution in [1.82, 2.24) is 19.0 Å². The van der Waals surface area contributed by atoms with Gasteiger partial charge in [0.25, 0.3) is 5.69 Å². The smallest absolute Gasteiger partial charge is 0.269 e. The lowest BCUT2D eigenvalue weighted by Gasteiger charge is -2.33. The van der Waals surface area contributed by atoms with E-state index >= 15 is 0 Å². The standard InChI is InChI=1S/C17H19N5O5S/c1-19-13-14(12-18-19)2-7-17(23)20-8-10-21(11-9-20)28(26,27)16-5-3-15(4-6-16)22(24)25/h2-7,12-13H,8-11H2,1H3/b7-2+. The molecule has 0 unspecified atom stereocenters. The summed E-state index contributed by atoms with van der Waals surface area (Å²) in [4.78, 5) is 24.0. The number of non-ortho nitro benzene ring substituents is 1. The van der Waals surface area contributed by atoms with Crippen molar-refractivity contribution in [3.05, 3.63) is 58.4 Å². The second kappa shape index (κ2) is 7.90. The number of aryl methyl sites for hydroxylation is 1. The van der Waals surface area contributed by atoms with Crippen LogP contribution in [-0.2, 0) is 21.9 Å². The quantitative estimate of drug-likeness (QED) is 0.414. The van der Waals surface area contributed by atoms with E-state index in [-0.39, 0.29) is 42.7 Å². The van der Waals surface area contributed by atoms with Crippen molar-refractivity contribution < 1.29 is 18.1 Å². The molecule has 1 aromatic heterocycles. The maximum Gasteiger partial charge on any atom is 0.269 e.